The third kappa shape index (κ3) is 2.80. The van der Waals surface area contributed by atoms with Crippen molar-refractivity contribution >= 4 is 0 Å². The first-order chi connectivity index (χ1) is 10.3. The predicted molar refractivity (Wildman–Crippen MR) is 78.2 cm³/mol. The van der Waals surface area contributed by atoms with Crippen molar-refractivity contribution in [1.82, 2.24) is 25.4 Å². The number of rotatable bonds is 4. The zero-order valence-electron chi connectivity index (χ0n) is 11.8. The van der Waals surface area contributed by atoms with Gasteiger partial charge in [0.25, 0.3) is 0 Å². The van der Waals surface area contributed by atoms with Gasteiger partial charge in [0, 0.05) is 24.2 Å². The van der Waals surface area contributed by atoms with Crippen LogP contribution in [0.15, 0.2) is 47.4 Å². The zero-order valence-corrected chi connectivity index (χ0v) is 11.8. The van der Waals surface area contributed by atoms with Gasteiger partial charge in [-0.25, -0.2) is 0 Å². The lowest BCUT2D eigenvalue weighted by Crippen LogP contribution is -2.12. The van der Waals surface area contributed by atoms with Crippen molar-refractivity contribution in [1.29, 1.82) is 0 Å². The Hall–Kier alpha value is -2.60. The van der Waals surface area contributed by atoms with Crippen LogP contribution < -0.4 is 5.32 Å². The summed E-state index contributed by atoms with van der Waals surface area (Å²) in [5, 5.41) is 7.01. The molecule has 3 aromatic rings. The third-order valence-corrected chi connectivity index (χ3v) is 3.25. The van der Waals surface area contributed by atoms with Crippen molar-refractivity contribution in [2.75, 3.05) is 7.05 Å². The highest BCUT2D eigenvalue weighted by Crippen LogP contribution is 2.21. The van der Waals surface area contributed by atoms with Crippen LogP contribution in [0.3, 0.4) is 0 Å². The van der Waals surface area contributed by atoms with Gasteiger partial charge in [0.1, 0.15) is 5.69 Å². The molecule has 0 aliphatic rings. The van der Waals surface area contributed by atoms with Crippen LogP contribution in [0.5, 0.6) is 0 Å². The van der Waals surface area contributed by atoms with Gasteiger partial charge in [0.05, 0.1) is 6.04 Å². The van der Waals surface area contributed by atoms with E-state index in [2.05, 4.69) is 25.4 Å². The summed E-state index contributed by atoms with van der Waals surface area (Å²) in [6, 6.07) is 7.77. The van der Waals surface area contributed by atoms with Crippen LogP contribution >= 0.6 is 0 Å². The molecule has 21 heavy (non-hydrogen) atoms. The fraction of sp³-hybridized carbons (Fsp3) is 0.200. The molecule has 0 aliphatic carbocycles. The van der Waals surface area contributed by atoms with Gasteiger partial charge in [0.15, 0.2) is 0 Å². The minimum Gasteiger partial charge on any atom is -0.337 e. The van der Waals surface area contributed by atoms with Gasteiger partial charge in [-0.1, -0.05) is 11.2 Å². The first-order valence-corrected chi connectivity index (χ1v) is 6.65. The largest absolute Gasteiger partial charge is 0.337 e. The minimum absolute atomic E-state index is 0.0161. The summed E-state index contributed by atoms with van der Waals surface area (Å²) in [7, 11) is 1.84. The van der Waals surface area contributed by atoms with E-state index in [1.165, 1.54) is 0 Å². The second kappa shape index (κ2) is 5.80. The fourth-order valence-electron chi connectivity index (χ4n) is 1.88. The van der Waals surface area contributed by atoms with Crippen molar-refractivity contribution in [3.63, 3.8) is 0 Å². The molecule has 0 bridgehead atoms. The molecule has 3 heterocycles. The van der Waals surface area contributed by atoms with Gasteiger partial charge in [-0.2, -0.15) is 4.98 Å². The predicted octanol–water partition coefficient (Wildman–Crippen LogP) is 2.47. The lowest BCUT2D eigenvalue weighted by Gasteiger charge is -2.02. The lowest BCUT2D eigenvalue weighted by atomic mass is 10.1. The smallest absolute Gasteiger partial charge is 0.243 e. The van der Waals surface area contributed by atoms with E-state index in [-0.39, 0.29) is 6.04 Å². The molecular formula is C15H15N5O. The standard InChI is InChI=1S/C15H15N5O/c1-10(16-2)15-19-14(20-21-15)13-4-3-12(9-18-13)11-5-7-17-8-6-11/h3-10,16H,1-2H3. The Labute approximate surface area is 122 Å². The molecule has 0 amide bonds. The maximum atomic E-state index is 5.21. The summed E-state index contributed by atoms with van der Waals surface area (Å²) in [5.41, 5.74) is 2.78. The molecule has 0 saturated carbocycles. The van der Waals surface area contributed by atoms with Crippen LogP contribution in [-0.2, 0) is 0 Å². The molecule has 6 heteroatoms. The summed E-state index contributed by atoms with van der Waals surface area (Å²) in [4.78, 5) is 12.7. The van der Waals surface area contributed by atoms with Crippen molar-refractivity contribution in [3.05, 3.63) is 48.7 Å². The molecule has 1 unspecified atom stereocenters. The molecule has 0 fully saturated rings. The average Bonchev–Trinajstić information content (AvgIpc) is 3.05. The first-order valence-electron chi connectivity index (χ1n) is 6.65. The summed E-state index contributed by atoms with van der Waals surface area (Å²) >= 11 is 0. The molecule has 0 spiro atoms. The van der Waals surface area contributed by atoms with Gasteiger partial charge in [-0.3, -0.25) is 9.97 Å². The van der Waals surface area contributed by atoms with E-state index in [9.17, 15) is 0 Å². The van der Waals surface area contributed by atoms with Gasteiger partial charge >= 0.3 is 0 Å². The van der Waals surface area contributed by atoms with Gasteiger partial charge in [-0.15, -0.1) is 0 Å². The van der Waals surface area contributed by atoms with Gasteiger partial charge in [0.2, 0.25) is 11.7 Å². The summed E-state index contributed by atoms with van der Waals surface area (Å²) in [6.07, 6.45) is 5.31. The molecule has 1 N–H and O–H groups in total. The Morgan fingerprint density at radius 1 is 1.10 bits per heavy atom. The van der Waals surface area contributed by atoms with E-state index in [1.807, 2.05) is 38.2 Å². The fourth-order valence-corrected chi connectivity index (χ4v) is 1.88. The van der Waals surface area contributed by atoms with Crippen LogP contribution in [-0.4, -0.2) is 27.2 Å². The van der Waals surface area contributed by atoms with Gasteiger partial charge in [-0.05, 0) is 37.7 Å². The number of pyridine rings is 2. The number of aromatic nitrogens is 4. The molecule has 0 aromatic carbocycles. The average molecular weight is 281 g/mol. The second-order valence-electron chi connectivity index (χ2n) is 4.63. The van der Waals surface area contributed by atoms with Crippen LogP contribution in [0.4, 0.5) is 0 Å². The van der Waals surface area contributed by atoms with E-state index in [1.54, 1.807) is 18.6 Å². The lowest BCUT2D eigenvalue weighted by molar-refractivity contribution is 0.347. The van der Waals surface area contributed by atoms with Gasteiger partial charge < -0.3 is 9.84 Å². The van der Waals surface area contributed by atoms with Crippen molar-refractivity contribution < 1.29 is 4.52 Å². The minimum atomic E-state index is 0.0161. The maximum absolute atomic E-state index is 5.21. The molecule has 0 saturated heterocycles. The summed E-state index contributed by atoms with van der Waals surface area (Å²) in [5.74, 6) is 1.04. The van der Waals surface area contributed by atoms with E-state index >= 15 is 0 Å². The highest BCUT2D eigenvalue weighted by Gasteiger charge is 2.14. The molecular weight excluding hydrogens is 266 g/mol. The number of hydrogen-bond donors (Lipinski definition) is 1. The van der Waals surface area contributed by atoms with E-state index < -0.39 is 0 Å². The number of nitrogens with zero attached hydrogens (tertiary/aromatic N) is 4. The number of nitrogens with one attached hydrogen (secondary N) is 1. The second-order valence-corrected chi connectivity index (χ2v) is 4.63. The Morgan fingerprint density at radius 2 is 1.90 bits per heavy atom. The SMILES string of the molecule is CNC(C)c1nc(-c2ccc(-c3ccncc3)cn2)no1. The van der Waals surface area contributed by atoms with Crippen LogP contribution in [0.1, 0.15) is 18.9 Å². The van der Waals surface area contributed by atoms with Crippen molar-refractivity contribution in [3.8, 4) is 22.6 Å². The molecule has 1 atom stereocenters. The van der Waals surface area contributed by atoms with Crippen LogP contribution in [0.2, 0.25) is 0 Å². The quantitative estimate of drug-likeness (QED) is 0.791. The maximum Gasteiger partial charge on any atom is 0.243 e. The Kier molecular flexibility index (Phi) is 3.70. The highest BCUT2D eigenvalue weighted by atomic mass is 16.5. The highest BCUT2D eigenvalue weighted by molar-refractivity contribution is 5.64. The number of hydrogen-bond acceptors (Lipinski definition) is 6. The Bertz CT molecular complexity index is 708. The first kappa shape index (κ1) is 13.4. The summed E-state index contributed by atoms with van der Waals surface area (Å²) in [6.45, 7) is 1.96. The third-order valence-electron chi connectivity index (χ3n) is 3.25. The van der Waals surface area contributed by atoms with Crippen LogP contribution in [0, 0.1) is 0 Å². The normalized spacial score (nSPS) is 12.3. The van der Waals surface area contributed by atoms with Crippen LogP contribution in [0.25, 0.3) is 22.6 Å². The molecule has 106 valence electrons. The molecule has 3 aromatic heterocycles. The summed E-state index contributed by atoms with van der Waals surface area (Å²) < 4.78 is 5.21. The Morgan fingerprint density at radius 3 is 2.57 bits per heavy atom. The topological polar surface area (TPSA) is 76.7 Å². The molecule has 0 aliphatic heterocycles. The van der Waals surface area contributed by atoms with E-state index in [4.69, 9.17) is 4.52 Å². The van der Waals surface area contributed by atoms with E-state index in [0.29, 0.717) is 17.4 Å². The zero-order chi connectivity index (χ0) is 14.7. The monoisotopic (exact) mass is 281 g/mol. The van der Waals surface area contributed by atoms with Crippen molar-refractivity contribution in [2.45, 2.75) is 13.0 Å². The molecule has 6 nitrogen and oxygen atoms in total. The van der Waals surface area contributed by atoms with Crippen molar-refractivity contribution in [2.24, 2.45) is 0 Å². The molecule has 3 rings (SSSR count). The Balaban J connectivity index is 1.86. The van der Waals surface area contributed by atoms with E-state index in [0.717, 1.165) is 11.1 Å². The molecule has 0 radical (unpaired) electrons.